The van der Waals surface area contributed by atoms with Crippen LogP contribution in [0.5, 0.6) is 11.6 Å². The predicted molar refractivity (Wildman–Crippen MR) is 81.1 cm³/mol. The van der Waals surface area contributed by atoms with Crippen molar-refractivity contribution in [2.75, 3.05) is 23.8 Å². The Bertz CT molecular complexity index is 671. The SMILES string of the molecule is COc1cc(OC)nc(N2Sc3ccccc3NC2=O)c1. The highest BCUT2D eigenvalue weighted by atomic mass is 32.2. The number of methoxy groups -OCH3 is 2. The normalized spacial score (nSPS) is 13.4. The fourth-order valence-electron chi connectivity index (χ4n) is 1.90. The van der Waals surface area contributed by atoms with Gasteiger partial charge in [0.05, 0.1) is 24.8 Å². The lowest BCUT2D eigenvalue weighted by Crippen LogP contribution is -2.33. The van der Waals surface area contributed by atoms with Gasteiger partial charge in [-0.15, -0.1) is 0 Å². The minimum Gasteiger partial charge on any atom is -0.496 e. The van der Waals surface area contributed by atoms with Crippen molar-refractivity contribution in [2.24, 2.45) is 0 Å². The fraction of sp³-hybridized carbons (Fsp3) is 0.143. The van der Waals surface area contributed by atoms with Crippen LogP contribution in [0.4, 0.5) is 16.3 Å². The molecule has 0 bridgehead atoms. The minimum absolute atomic E-state index is 0.262. The smallest absolute Gasteiger partial charge is 0.338 e. The number of fused-ring (bicyclic) bond motifs is 1. The van der Waals surface area contributed by atoms with E-state index in [-0.39, 0.29) is 6.03 Å². The summed E-state index contributed by atoms with van der Waals surface area (Å²) in [5, 5.41) is 2.83. The number of urea groups is 1. The number of aromatic nitrogens is 1. The van der Waals surface area contributed by atoms with Gasteiger partial charge < -0.3 is 14.8 Å². The minimum atomic E-state index is -0.262. The van der Waals surface area contributed by atoms with Crippen LogP contribution in [-0.2, 0) is 0 Å². The van der Waals surface area contributed by atoms with Gasteiger partial charge in [0.25, 0.3) is 0 Å². The molecule has 21 heavy (non-hydrogen) atoms. The highest BCUT2D eigenvalue weighted by Crippen LogP contribution is 2.38. The first-order chi connectivity index (χ1) is 10.2. The molecule has 1 aliphatic rings. The van der Waals surface area contributed by atoms with E-state index in [9.17, 15) is 4.79 Å². The molecule has 0 aliphatic carbocycles. The van der Waals surface area contributed by atoms with Crippen molar-refractivity contribution >= 4 is 29.5 Å². The Hall–Kier alpha value is -2.41. The van der Waals surface area contributed by atoms with Crippen LogP contribution in [0.25, 0.3) is 0 Å². The molecule has 1 aromatic heterocycles. The quantitative estimate of drug-likeness (QED) is 0.882. The predicted octanol–water partition coefficient (Wildman–Crippen LogP) is 3.16. The monoisotopic (exact) mass is 303 g/mol. The molecule has 0 atom stereocenters. The number of ether oxygens (including phenoxy) is 2. The van der Waals surface area contributed by atoms with Gasteiger partial charge in [-0.25, -0.2) is 9.10 Å². The second-order valence-electron chi connectivity index (χ2n) is 4.22. The summed E-state index contributed by atoms with van der Waals surface area (Å²) in [6.45, 7) is 0. The van der Waals surface area contributed by atoms with E-state index in [1.807, 2.05) is 24.3 Å². The van der Waals surface area contributed by atoms with E-state index in [2.05, 4.69) is 10.3 Å². The molecular formula is C14H13N3O3S. The molecule has 2 aromatic rings. The summed E-state index contributed by atoms with van der Waals surface area (Å²) in [6.07, 6.45) is 0. The van der Waals surface area contributed by atoms with Crippen molar-refractivity contribution < 1.29 is 14.3 Å². The van der Waals surface area contributed by atoms with Gasteiger partial charge in [-0.3, -0.25) is 0 Å². The van der Waals surface area contributed by atoms with Gasteiger partial charge in [0, 0.05) is 24.1 Å². The molecule has 1 aromatic carbocycles. The number of nitrogens with one attached hydrogen (secondary N) is 1. The second kappa shape index (κ2) is 5.53. The van der Waals surface area contributed by atoms with Crippen LogP contribution in [0.3, 0.4) is 0 Å². The number of carbonyl (C=O) groups excluding carboxylic acids is 1. The van der Waals surface area contributed by atoms with Crippen LogP contribution in [-0.4, -0.2) is 25.2 Å². The van der Waals surface area contributed by atoms with Crippen molar-refractivity contribution in [3.05, 3.63) is 36.4 Å². The van der Waals surface area contributed by atoms with Gasteiger partial charge in [-0.05, 0) is 12.1 Å². The van der Waals surface area contributed by atoms with Gasteiger partial charge in [0.1, 0.15) is 5.75 Å². The van der Waals surface area contributed by atoms with Crippen molar-refractivity contribution in [1.29, 1.82) is 0 Å². The second-order valence-corrected chi connectivity index (χ2v) is 5.21. The molecule has 1 N–H and O–H groups in total. The number of anilines is 2. The van der Waals surface area contributed by atoms with Crippen LogP contribution in [0.2, 0.25) is 0 Å². The van der Waals surface area contributed by atoms with Crippen molar-refractivity contribution in [3.8, 4) is 11.6 Å². The lowest BCUT2D eigenvalue weighted by molar-refractivity contribution is 0.259. The summed E-state index contributed by atoms with van der Waals surface area (Å²) >= 11 is 1.30. The largest absolute Gasteiger partial charge is 0.496 e. The van der Waals surface area contributed by atoms with E-state index in [4.69, 9.17) is 9.47 Å². The Morgan fingerprint density at radius 3 is 2.76 bits per heavy atom. The van der Waals surface area contributed by atoms with Gasteiger partial charge in [0.15, 0.2) is 5.82 Å². The van der Waals surface area contributed by atoms with Gasteiger partial charge in [-0.2, -0.15) is 4.98 Å². The van der Waals surface area contributed by atoms with E-state index in [1.54, 1.807) is 19.2 Å². The first-order valence-electron chi connectivity index (χ1n) is 6.19. The average molecular weight is 303 g/mol. The van der Waals surface area contributed by atoms with Crippen LogP contribution in [0.15, 0.2) is 41.3 Å². The highest BCUT2D eigenvalue weighted by Gasteiger charge is 2.26. The standard InChI is InChI=1S/C14H13N3O3S/c1-19-9-7-12(16-13(8-9)20-2)17-14(18)15-10-5-3-4-6-11(10)21-17/h3-8H,1-2H3,(H,15,18). The molecule has 0 unspecified atom stereocenters. The lowest BCUT2D eigenvalue weighted by Gasteiger charge is -2.27. The zero-order valence-electron chi connectivity index (χ0n) is 11.5. The molecule has 6 nitrogen and oxygen atoms in total. The Morgan fingerprint density at radius 2 is 2.00 bits per heavy atom. The number of para-hydroxylation sites is 1. The molecule has 108 valence electrons. The summed E-state index contributed by atoms with van der Waals surface area (Å²) in [6, 6.07) is 10.7. The molecule has 7 heteroatoms. The Morgan fingerprint density at radius 1 is 1.19 bits per heavy atom. The topological polar surface area (TPSA) is 63.7 Å². The average Bonchev–Trinajstić information content (AvgIpc) is 2.53. The first kappa shape index (κ1) is 13.6. The number of hydrogen-bond acceptors (Lipinski definition) is 5. The summed E-state index contributed by atoms with van der Waals surface area (Å²) in [7, 11) is 3.07. The summed E-state index contributed by atoms with van der Waals surface area (Å²) in [5.41, 5.74) is 0.790. The number of pyridine rings is 1. The number of carbonyl (C=O) groups is 1. The van der Waals surface area contributed by atoms with Crippen LogP contribution < -0.4 is 19.1 Å². The molecule has 2 heterocycles. The molecule has 0 saturated carbocycles. The molecule has 0 radical (unpaired) electrons. The summed E-state index contributed by atoms with van der Waals surface area (Å²) in [5.74, 6) is 1.41. The number of amides is 2. The highest BCUT2D eigenvalue weighted by molar-refractivity contribution is 8.01. The first-order valence-corrected chi connectivity index (χ1v) is 6.97. The number of rotatable bonds is 3. The molecular weight excluding hydrogens is 290 g/mol. The van der Waals surface area contributed by atoms with E-state index < -0.39 is 0 Å². The zero-order valence-corrected chi connectivity index (χ0v) is 12.3. The van der Waals surface area contributed by atoms with Crippen molar-refractivity contribution in [3.63, 3.8) is 0 Å². The molecule has 0 spiro atoms. The third-order valence-corrected chi connectivity index (χ3v) is 4.01. The van der Waals surface area contributed by atoms with Crippen LogP contribution in [0, 0.1) is 0 Å². The fourth-order valence-corrected chi connectivity index (χ4v) is 2.77. The Labute approximate surface area is 126 Å². The van der Waals surface area contributed by atoms with E-state index in [1.165, 1.54) is 23.4 Å². The summed E-state index contributed by atoms with van der Waals surface area (Å²) in [4.78, 5) is 17.5. The maximum atomic E-state index is 12.2. The van der Waals surface area contributed by atoms with E-state index in [0.29, 0.717) is 17.4 Å². The number of hydrogen-bond donors (Lipinski definition) is 1. The third kappa shape index (κ3) is 2.59. The van der Waals surface area contributed by atoms with E-state index in [0.717, 1.165) is 10.6 Å². The Kier molecular flexibility index (Phi) is 3.57. The molecule has 2 amide bonds. The van der Waals surface area contributed by atoms with Crippen molar-refractivity contribution in [1.82, 2.24) is 4.98 Å². The lowest BCUT2D eigenvalue weighted by atomic mass is 10.3. The van der Waals surface area contributed by atoms with E-state index >= 15 is 0 Å². The maximum Gasteiger partial charge on any atom is 0.338 e. The summed E-state index contributed by atoms with van der Waals surface area (Å²) < 4.78 is 11.8. The molecule has 3 rings (SSSR count). The maximum absolute atomic E-state index is 12.2. The third-order valence-electron chi connectivity index (χ3n) is 2.92. The van der Waals surface area contributed by atoms with Crippen LogP contribution in [0.1, 0.15) is 0 Å². The molecule has 1 aliphatic heterocycles. The van der Waals surface area contributed by atoms with Crippen LogP contribution >= 0.6 is 11.9 Å². The molecule has 0 fully saturated rings. The van der Waals surface area contributed by atoms with Gasteiger partial charge in [-0.1, -0.05) is 12.1 Å². The number of benzene rings is 1. The van der Waals surface area contributed by atoms with Gasteiger partial charge in [0.2, 0.25) is 5.88 Å². The Balaban J connectivity index is 1.99. The number of nitrogens with zero attached hydrogens (tertiary/aromatic N) is 2. The van der Waals surface area contributed by atoms with Crippen molar-refractivity contribution in [2.45, 2.75) is 4.90 Å². The zero-order chi connectivity index (χ0) is 14.8. The molecule has 0 saturated heterocycles. The van der Waals surface area contributed by atoms with Gasteiger partial charge >= 0.3 is 6.03 Å².